The Morgan fingerprint density at radius 2 is 1.94 bits per heavy atom. The number of carbonyl (C=O) groups is 2. The van der Waals surface area contributed by atoms with Crippen LogP contribution >= 0.6 is 0 Å². The van der Waals surface area contributed by atoms with Crippen LogP contribution in [-0.4, -0.2) is 30.1 Å². The topological polar surface area (TPSA) is 78.4 Å². The van der Waals surface area contributed by atoms with Crippen molar-refractivity contribution in [3.63, 3.8) is 0 Å². The molecule has 0 heterocycles. The minimum Gasteiger partial charge on any atom is -0.481 e. The van der Waals surface area contributed by atoms with Crippen LogP contribution in [0.4, 0.5) is 19.3 Å². The first kappa shape index (κ1) is 13.9. The molecule has 98 valence electrons. The van der Waals surface area contributed by atoms with E-state index in [1.165, 1.54) is 12.1 Å². The van der Waals surface area contributed by atoms with Crippen LogP contribution in [0.3, 0.4) is 0 Å². The number of nitrogens with one attached hydrogen (secondary N) is 2. The van der Waals surface area contributed by atoms with Crippen molar-refractivity contribution in [3.05, 3.63) is 29.8 Å². The lowest BCUT2D eigenvalue weighted by Gasteiger charge is -2.10. The molecule has 0 radical (unpaired) electrons. The second kappa shape index (κ2) is 6.53. The smallest absolute Gasteiger partial charge is 0.319 e. The molecule has 5 nitrogen and oxygen atoms in total. The lowest BCUT2D eigenvalue weighted by Crippen LogP contribution is -2.32. The van der Waals surface area contributed by atoms with E-state index in [1.807, 2.05) is 5.32 Å². The number of hydrogen-bond acceptors (Lipinski definition) is 2. The Kier molecular flexibility index (Phi) is 5.04. The number of halogens is 2. The van der Waals surface area contributed by atoms with E-state index < -0.39 is 25.0 Å². The van der Waals surface area contributed by atoms with Gasteiger partial charge in [0.05, 0.1) is 13.0 Å². The second-order valence-corrected chi connectivity index (χ2v) is 3.45. The predicted octanol–water partition coefficient (Wildman–Crippen LogP) is 1.70. The number of aliphatic carboxylic acids is 1. The lowest BCUT2D eigenvalue weighted by molar-refractivity contribution is -0.136. The van der Waals surface area contributed by atoms with Crippen LogP contribution in [0.5, 0.6) is 0 Å². The fraction of sp³-hybridized carbons (Fsp3) is 0.273. The van der Waals surface area contributed by atoms with E-state index in [0.717, 1.165) is 0 Å². The second-order valence-electron chi connectivity index (χ2n) is 3.45. The molecule has 0 bridgehead atoms. The summed E-state index contributed by atoms with van der Waals surface area (Å²) in [5.41, 5.74) is 0.684. The van der Waals surface area contributed by atoms with Gasteiger partial charge < -0.3 is 15.7 Å². The number of carboxylic acids is 1. The van der Waals surface area contributed by atoms with E-state index in [9.17, 15) is 18.4 Å². The first-order valence-electron chi connectivity index (χ1n) is 5.11. The van der Waals surface area contributed by atoms with E-state index in [-0.39, 0.29) is 12.1 Å². The maximum Gasteiger partial charge on any atom is 0.319 e. The van der Waals surface area contributed by atoms with E-state index >= 15 is 0 Å². The average Bonchev–Trinajstić information content (AvgIpc) is 2.28. The van der Waals surface area contributed by atoms with Crippen molar-refractivity contribution in [2.24, 2.45) is 0 Å². The summed E-state index contributed by atoms with van der Waals surface area (Å²) in [5.74, 6) is -1.04. The molecule has 0 aliphatic rings. The molecule has 7 heteroatoms. The number of hydrogen-bond donors (Lipinski definition) is 3. The Morgan fingerprint density at radius 1 is 1.28 bits per heavy atom. The quantitative estimate of drug-likeness (QED) is 0.752. The predicted molar refractivity (Wildman–Crippen MR) is 60.8 cm³/mol. The Labute approximate surface area is 102 Å². The molecule has 0 saturated carbocycles. The zero-order valence-corrected chi connectivity index (χ0v) is 9.32. The number of para-hydroxylation sites is 1. The summed E-state index contributed by atoms with van der Waals surface area (Å²) in [7, 11) is 0. The summed E-state index contributed by atoms with van der Waals surface area (Å²) in [6.07, 6.45) is -2.89. The minimum absolute atomic E-state index is 0.259. The van der Waals surface area contributed by atoms with Gasteiger partial charge in [-0.2, -0.15) is 0 Å². The Hall–Kier alpha value is -2.18. The van der Waals surface area contributed by atoms with Crippen molar-refractivity contribution in [1.29, 1.82) is 0 Å². The van der Waals surface area contributed by atoms with Gasteiger partial charge in [-0.25, -0.2) is 13.6 Å². The number of benzene rings is 1. The monoisotopic (exact) mass is 258 g/mol. The highest BCUT2D eigenvalue weighted by Gasteiger charge is 2.10. The molecule has 1 aromatic carbocycles. The number of urea groups is 1. The van der Waals surface area contributed by atoms with Crippen LogP contribution in [0, 0.1) is 0 Å². The van der Waals surface area contributed by atoms with Gasteiger partial charge in [-0.15, -0.1) is 0 Å². The van der Waals surface area contributed by atoms with Crippen LogP contribution in [0.1, 0.15) is 5.56 Å². The third-order valence-electron chi connectivity index (χ3n) is 2.02. The van der Waals surface area contributed by atoms with Gasteiger partial charge in [-0.05, 0) is 11.6 Å². The molecule has 0 fully saturated rings. The van der Waals surface area contributed by atoms with Crippen molar-refractivity contribution >= 4 is 17.7 Å². The fourth-order valence-electron chi connectivity index (χ4n) is 1.30. The van der Waals surface area contributed by atoms with Gasteiger partial charge in [0.2, 0.25) is 0 Å². The highest BCUT2D eigenvalue weighted by molar-refractivity contribution is 5.90. The molecule has 3 N–H and O–H groups in total. The molecule has 1 aromatic rings. The van der Waals surface area contributed by atoms with Gasteiger partial charge in [0.15, 0.2) is 0 Å². The van der Waals surface area contributed by atoms with Crippen molar-refractivity contribution in [2.75, 3.05) is 11.9 Å². The summed E-state index contributed by atoms with van der Waals surface area (Å²) >= 11 is 0. The fourth-order valence-corrected chi connectivity index (χ4v) is 1.30. The molecular weight excluding hydrogens is 246 g/mol. The number of amides is 2. The largest absolute Gasteiger partial charge is 0.481 e. The van der Waals surface area contributed by atoms with Crippen molar-refractivity contribution in [2.45, 2.75) is 12.8 Å². The number of alkyl halides is 2. The molecular formula is C11H12F2N2O3. The SMILES string of the molecule is O=C(O)Cc1ccccc1NC(=O)NCC(F)F. The van der Waals surface area contributed by atoms with Crippen molar-refractivity contribution in [3.8, 4) is 0 Å². The number of carboxylic acid groups (broad SMARTS) is 1. The highest BCUT2D eigenvalue weighted by Crippen LogP contribution is 2.15. The lowest BCUT2D eigenvalue weighted by atomic mass is 10.1. The molecule has 0 saturated heterocycles. The van der Waals surface area contributed by atoms with Gasteiger partial charge in [0.1, 0.15) is 0 Å². The molecule has 0 unspecified atom stereocenters. The van der Waals surface area contributed by atoms with Crippen molar-refractivity contribution in [1.82, 2.24) is 5.32 Å². The highest BCUT2D eigenvalue weighted by atomic mass is 19.3. The zero-order chi connectivity index (χ0) is 13.5. The van der Waals surface area contributed by atoms with Crippen LogP contribution < -0.4 is 10.6 Å². The van der Waals surface area contributed by atoms with Crippen LogP contribution in [-0.2, 0) is 11.2 Å². The van der Waals surface area contributed by atoms with Crippen LogP contribution in [0.25, 0.3) is 0 Å². The number of anilines is 1. The first-order chi connectivity index (χ1) is 8.49. The first-order valence-corrected chi connectivity index (χ1v) is 5.11. The Balaban J connectivity index is 2.65. The van der Waals surface area contributed by atoms with Gasteiger partial charge in [-0.3, -0.25) is 4.79 Å². The normalized spacial score (nSPS) is 10.2. The summed E-state index contributed by atoms with van der Waals surface area (Å²) < 4.78 is 23.7. The average molecular weight is 258 g/mol. The Bertz CT molecular complexity index is 438. The molecule has 18 heavy (non-hydrogen) atoms. The van der Waals surface area contributed by atoms with Gasteiger partial charge in [0, 0.05) is 5.69 Å². The number of carbonyl (C=O) groups excluding carboxylic acids is 1. The van der Waals surface area contributed by atoms with Gasteiger partial charge in [-0.1, -0.05) is 18.2 Å². The molecule has 0 aliphatic carbocycles. The standard InChI is InChI=1S/C11H12F2N2O3/c12-9(13)6-14-11(18)15-8-4-2-1-3-7(8)5-10(16)17/h1-4,9H,5-6H2,(H,16,17)(H2,14,15,18). The third-order valence-corrected chi connectivity index (χ3v) is 2.02. The third kappa shape index (κ3) is 4.77. The summed E-state index contributed by atoms with van der Waals surface area (Å²) in [4.78, 5) is 21.8. The van der Waals surface area contributed by atoms with Crippen LogP contribution in [0.15, 0.2) is 24.3 Å². The van der Waals surface area contributed by atoms with E-state index in [1.54, 1.807) is 12.1 Å². The van der Waals surface area contributed by atoms with E-state index in [4.69, 9.17) is 5.11 Å². The van der Waals surface area contributed by atoms with Crippen LogP contribution in [0.2, 0.25) is 0 Å². The zero-order valence-electron chi connectivity index (χ0n) is 9.32. The van der Waals surface area contributed by atoms with E-state index in [0.29, 0.717) is 5.56 Å². The molecule has 0 aliphatic heterocycles. The minimum atomic E-state index is -2.63. The van der Waals surface area contributed by atoms with E-state index in [2.05, 4.69) is 5.32 Å². The van der Waals surface area contributed by atoms with Gasteiger partial charge >= 0.3 is 12.0 Å². The Morgan fingerprint density at radius 3 is 2.56 bits per heavy atom. The molecule has 0 spiro atoms. The van der Waals surface area contributed by atoms with Crippen molar-refractivity contribution < 1.29 is 23.5 Å². The molecule has 0 aromatic heterocycles. The maximum atomic E-state index is 11.9. The molecule has 1 rings (SSSR count). The summed E-state index contributed by atoms with van der Waals surface area (Å²) in [6.45, 7) is -0.757. The number of rotatable bonds is 5. The van der Waals surface area contributed by atoms with Gasteiger partial charge in [0.25, 0.3) is 6.43 Å². The maximum absolute atomic E-state index is 11.9. The molecule has 2 amide bonds. The molecule has 0 atom stereocenters. The summed E-state index contributed by atoms with van der Waals surface area (Å²) in [6, 6.07) is 5.47. The summed E-state index contributed by atoms with van der Waals surface area (Å²) in [5, 5.41) is 13.0.